The quantitative estimate of drug-likeness (QED) is 0.518. The van der Waals surface area contributed by atoms with Crippen LogP contribution in [0.3, 0.4) is 0 Å². The van der Waals surface area contributed by atoms with Crippen molar-refractivity contribution >= 4 is 0 Å². The third-order valence-electron chi connectivity index (χ3n) is 2.90. The molecule has 2 unspecified atom stereocenters. The number of allylic oxidation sites excluding steroid dienone is 1. The summed E-state index contributed by atoms with van der Waals surface area (Å²) in [6.07, 6.45) is 3.85. The molecule has 0 aromatic carbocycles. The van der Waals surface area contributed by atoms with Crippen molar-refractivity contribution in [2.24, 2.45) is 11.8 Å². The maximum Gasteiger partial charge on any atom is 0.0958 e. The molecule has 0 radical (unpaired) electrons. The van der Waals surface area contributed by atoms with Crippen molar-refractivity contribution in [3.8, 4) is 0 Å². The van der Waals surface area contributed by atoms with Gasteiger partial charge in [0.05, 0.1) is 12.4 Å². The third kappa shape index (κ3) is 1.17. The molecular weight excluding hydrogens is 136 g/mol. The molecule has 0 amide bonds. The zero-order valence-electron chi connectivity index (χ0n) is 7.39. The first-order chi connectivity index (χ1) is 5.27. The highest BCUT2D eigenvalue weighted by Gasteiger charge is 2.28. The average Bonchev–Trinajstić information content (AvgIpc) is 2.32. The highest BCUT2D eigenvalue weighted by atomic mass is 16.5. The molecule has 0 bridgehead atoms. The van der Waals surface area contributed by atoms with Gasteiger partial charge in [-0.1, -0.05) is 13.8 Å². The summed E-state index contributed by atoms with van der Waals surface area (Å²) >= 11 is 0. The molecule has 0 aromatic heterocycles. The number of ether oxygens (including phenoxy) is 1. The van der Waals surface area contributed by atoms with Crippen LogP contribution in [0.5, 0.6) is 0 Å². The molecule has 0 aromatic rings. The van der Waals surface area contributed by atoms with E-state index in [0.29, 0.717) is 5.92 Å². The summed E-state index contributed by atoms with van der Waals surface area (Å²) in [5.74, 6) is 2.88. The van der Waals surface area contributed by atoms with Crippen molar-refractivity contribution in [3.63, 3.8) is 0 Å². The number of rotatable bonds is 0. The van der Waals surface area contributed by atoms with E-state index in [4.69, 9.17) is 4.74 Å². The van der Waals surface area contributed by atoms with E-state index in [2.05, 4.69) is 13.8 Å². The predicted molar refractivity (Wildman–Crippen MR) is 45.2 cm³/mol. The first-order valence-electron chi connectivity index (χ1n) is 4.62. The number of hydrogen-bond donors (Lipinski definition) is 0. The van der Waals surface area contributed by atoms with Crippen LogP contribution in [0.4, 0.5) is 0 Å². The molecule has 0 N–H and O–H groups in total. The fourth-order valence-corrected chi connectivity index (χ4v) is 2.09. The Bertz CT molecular complexity index is 193. The standard InChI is InChI=1S/C10H16O/c1-7-3-4-9-8(2)6-11-10(9)5-7/h7-8H,3-6H2,1-2H3. The maximum atomic E-state index is 5.62. The van der Waals surface area contributed by atoms with Gasteiger partial charge >= 0.3 is 0 Å². The van der Waals surface area contributed by atoms with Crippen LogP contribution in [0, 0.1) is 11.8 Å². The smallest absolute Gasteiger partial charge is 0.0958 e. The maximum absolute atomic E-state index is 5.62. The number of hydrogen-bond acceptors (Lipinski definition) is 1. The van der Waals surface area contributed by atoms with Gasteiger partial charge in [0.25, 0.3) is 0 Å². The Labute approximate surface area is 68.4 Å². The van der Waals surface area contributed by atoms with E-state index in [1.54, 1.807) is 5.57 Å². The Kier molecular flexibility index (Phi) is 1.67. The van der Waals surface area contributed by atoms with E-state index in [-0.39, 0.29) is 0 Å². The first kappa shape index (κ1) is 7.20. The van der Waals surface area contributed by atoms with Crippen molar-refractivity contribution < 1.29 is 4.74 Å². The highest BCUT2D eigenvalue weighted by Crippen LogP contribution is 2.38. The van der Waals surface area contributed by atoms with Gasteiger partial charge in [-0.3, -0.25) is 0 Å². The fourth-order valence-electron chi connectivity index (χ4n) is 2.09. The molecule has 1 aliphatic carbocycles. The van der Waals surface area contributed by atoms with Crippen molar-refractivity contribution in [1.82, 2.24) is 0 Å². The third-order valence-corrected chi connectivity index (χ3v) is 2.90. The van der Waals surface area contributed by atoms with Crippen molar-refractivity contribution in [2.45, 2.75) is 33.1 Å². The van der Waals surface area contributed by atoms with Crippen LogP contribution in [0.2, 0.25) is 0 Å². The van der Waals surface area contributed by atoms with Crippen LogP contribution in [0.15, 0.2) is 11.3 Å². The van der Waals surface area contributed by atoms with Gasteiger partial charge in [0.1, 0.15) is 0 Å². The van der Waals surface area contributed by atoms with Crippen LogP contribution in [0.25, 0.3) is 0 Å². The Hall–Kier alpha value is -0.460. The Morgan fingerprint density at radius 3 is 3.00 bits per heavy atom. The molecule has 0 fully saturated rings. The monoisotopic (exact) mass is 152 g/mol. The van der Waals surface area contributed by atoms with E-state index in [9.17, 15) is 0 Å². The van der Waals surface area contributed by atoms with Gasteiger partial charge in [-0.15, -0.1) is 0 Å². The van der Waals surface area contributed by atoms with Gasteiger partial charge < -0.3 is 4.74 Å². The molecule has 2 aliphatic rings. The zero-order chi connectivity index (χ0) is 7.84. The summed E-state index contributed by atoms with van der Waals surface area (Å²) in [5.41, 5.74) is 1.61. The molecular formula is C10H16O. The van der Waals surface area contributed by atoms with Gasteiger partial charge in [0.15, 0.2) is 0 Å². The second-order valence-corrected chi connectivity index (χ2v) is 4.01. The van der Waals surface area contributed by atoms with Crippen molar-refractivity contribution in [1.29, 1.82) is 0 Å². The molecule has 2 atom stereocenters. The molecule has 2 rings (SSSR count). The SMILES string of the molecule is CC1CCC2=C(C1)OCC2C. The van der Waals surface area contributed by atoms with E-state index in [0.717, 1.165) is 12.5 Å². The minimum absolute atomic E-state index is 0.706. The summed E-state index contributed by atoms with van der Waals surface area (Å²) in [6.45, 7) is 5.53. The Morgan fingerprint density at radius 1 is 1.36 bits per heavy atom. The summed E-state index contributed by atoms with van der Waals surface area (Å²) < 4.78 is 5.62. The second-order valence-electron chi connectivity index (χ2n) is 4.01. The fraction of sp³-hybridized carbons (Fsp3) is 0.800. The van der Waals surface area contributed by atoms with Crippen LogP contribution in [-0.4, -0.2) is 6.61 Å². The second kappa shape index (κ2) is 2.54. The van der Waals surface area contributed by atoms with Crippen LogP contribution in [-0.2, 0) is 4.74 Å². The summed E-state index contributed by atoms with van der Waals surface area (Å²) in [7, 11) is 0. The van der Waals surface area contributed by atoms with E-state index >= 15 is 0 Å². The van der Waals surface area contributed by atoms with Crippen molar-refractivity contribution in [2.75, 3.05) is 6.61 Å². The molecule has 1 nitrogen and oxygen atoms in total. The van der Waals surface area contributed by atoms with E-state index in [1.807, 2.05) is 0 Å². The summed E-state index contributed by atoms with van der Waals surface area (Å²) in [5, 5.41) is 0. The van der Waals surface area contributed by atoms with Crippen LogP contribution in [0.1, 0.15) is 33.1 Å². The van der Waals surface area contributed by atoms with Crippen LogP contribution >= 0.6 is 0 Å². The normalized spacial score (nSPS) is 36.9. The lowest BCUT2D eigenvalue weighted by molar-refractivity contribution is 0.205. The van der Waals surface area contributed by atoms with Gasteiger partial charge in [-0.05, 0) is 24.3 Å². The largest absolute Gasteiger partial charge is 0.497 e. The Morgan fingerprint density at radius 2 is 2.18 bits per heavy atom. The van der Waals surface area contributed by atoms with Crippen LogP contribution < -0.4 is 0 Å². The predicted octanol–water partition coefficient (Wildman–Crippen LogP) is 2.73. The highest BCUT2D eigenvalue weighted by molar-refractivity contribution is 5.19. The molecule has 0 spiro atoms. The molecule has 11 heavy (non-hydrogen) atoms. The molecule has 1 aliphatic heterocycles. The van der Waals surface area contributed by atoms with Gasteiger partial charge in [-0.2, -0.15) is 0 Å². The lowest BCUT2D eigenvalue weighted by Crippen LogP contribution is -2.06. The zero-order valence-corrected chi connectivity index (χ0v) is 7.39. The van der Waals surface area contributed by atoms with E-state index < -0.39 is 0 Å². The van der Waals surface area contributed by atoms with Gasteiger partial charge in [0, 0.05) is 12.3 Å². The molecule has 62 valence electrons. The topological polar surface area (TPSA) is 9.23 Å². The average molecular weight is 152 g/mol. The minimum atomic E-state index is 0.706. The molecule has 1 heterocycles. The minimum Gasteiger partial charge on any atom is -0.497 e. The molecule has 1 heteroatoms. The summed E-state index contributed by atoms with van der Waals surface area (Å²) in [4.78, 5) is 0. The van der Waals surface area contributed by atoms with Gasteiger partial charge in [0.2, 0.25) is 0 Å². The summed E-state index contributed by atoms with van der Waals surface area (Å²) in [6, 6.07) is 0. The van der Waals surface area contributed by atoms with E-state index in [1.165, 1.54) is 25.0 Å². The lowest BCUT2D eigenvalue weighted by atomic mass is 9.86. The lowest BCUT2D eigenvalue weighted by Gasteiger charge is -2.19. The van der Waals surface area contributed by atoms with Crippen molar-refractivity contribution in [3.05, 3.63) is 11.3 Å². The molecule has 0 saturated carbocycles. The molecule has 0 saturated heterocycles. The Balaban J connectivity index is 2.17. The van der Waals surface area contributed by atoms with Gasteiger partial charge in [-0.25, -0.2) is 0 Å². The first-order valence-corrected chi connectivity index (χ1v) is 4.62.